The van der Waals surface area contributed by atoms with Crippen LogP contribution in [0.3, 0.4) is 0 Å². The van der Waals surface area contributed by atoms with E-state index in [-0.39, 0.29) is 23.5 Å². The van der Waals surface area contributed by atoms with E-state index in [9.17, 15) is 9.59 Å². The second-order valence-corrected chi connectivity index (χ2v) is 2.00. The van der Waals surface area contributed by atoms with Crippen molar-refractivity contribution in [2.24, 2.45) is 0 Å². The van der Waals surface area contributed by atoms with Crippen molar-refractivity contribution in [3.8, 4) is 0 Å². The molecular formula is C6H6O3. The summed E-state index contributed by atoms with van der Waals surface area (Å²) in [6.45, 7) is 1.45. The number of allylic oxidation sites excluding steroid dienone is 2. The lowest BCUT2D eigenvalue weighted by Gasteiger charge is -1.84. The van der Waals surface area contributed by atoms with Crippen molar-refractivity contribution in [3.63, 3.8) is 0 Å². The molecule has 0 fully saturated rings. The second-order valence-electron chi connectivity index (χ2n) is 2.00. The SMILES string of the molecule is CC1=C(O)C(=O)CC1=O. The van der Waals surface area contributed by atoms with Crippen LogP contribution in [0.2, 0.25) is 0 Å². The zero-order valence-electron chi connectivity index (χ0n) is 4.97. The minimum atomic E-state index is -0.461. The molecule has 1 rings (SSSR count). The topological polar surface area (TPSA) is 54.4 Å². The summed E-state index contributed by atoms with van der Waals surface area (Å²) in [5.74, 6) is -1.09. The Balaban J connectivity index is 3.06. The van der Waals surface area contributed by atoms with Gasteiger partial charge in [0.05, 0.1) is 6.42 Å². The van der Waals surface area contributed by atoms with Crippen molar-refractivity contribution in [3.05, 3.63) is 11.3 Å². The molecule has 1 N–H and O–H groups in total. The summed E-state index contributed by atoms with van der Waals surface area (Å²) in [7, 11) is 0. The molecule has 0 amide bonds. The normalized spacial score (nSPS) is 19.7. The molecule has 0 bridgehead atoms. The van der Waals surface area contributed by atoms with Crippen LogP contribution in [0.15, 0.2) is 11.3 Å². The van der Waals surface area contributed by atoms with Gasteiger partial charge >= 0.3 is 0 Å². The van der Waals surface area contributed by atoms with Crippen LogP contribution in [0.25, 0.3) is 0 Å². The van der Waals surface area contributed by atoms with Crippen LogP contribution in [0, 0.1) is 0 Å². The third kappa shape index (κ3) is 0.740. The molecule has 9 heavy (non-hydrogen) atoms. The molecule has 3 nitrogen and oxygen atoms in total. The van der Waals surface area contributed by atoms with Gasteiger partial charge in [0, 0.05) is 5.57 Å². The van der Waals surface area contributed by atoms with Crippen LogP contribution >= 0.6 is 0 Å². The number of hydrogen-bond acceptors (Lipinski definition) is 3. The lowest BCUT2D eigenvalue weighted by Crippen LogP contribution is -1.95. The minimum absolute atomic E-state index is 0.155. The third-order valence-electron chi connectivity index (χ3n) is 1.36. The molecule has 1 aliphatic carbocycles. The van der Waals surface area contributed by atoms with E-state index in [0.29, 0.717) is 0 Å². The summed E-state index contributed by atoms with van der Waals surface area (Å²) < 4.78 is 0. The summed E-state index contributed by atoms with van der Waals surface area (Å²) in [6.07, 6.45) is -0.155. The molecule has 0 radical (unpaired) electrons. The highest BCUT2D eigenvalue weighted by molar-refractivity contribution is 6.20. The molecule has 0 aliphatic heterocycles. The number of rotatable bonds is 0. The maximum absolute atomic E-state index is 10.6. The van der Waals surface area contributed by atoms with Crippen molar-refractivity contribution in [1.29, 1.82) is 0 Å². The fourth-order valence-electron chi connectivity index (χ4n) is 0.703. The van der Waals surface area contributed by atoms with Gasteiger partial charge < -0.3 is 5.11 Å². The second kappa shape index (κ2) is 1.69. The largest absolute Gasteiger partial charge is 0.504 e. The highest BCUT2D eigenvalue weighted by Crippen LogP contribution is 2.15. The van der Waals surface area contributed by atoms with E-state index in [0.717, 1.165) is 0 Å². The van der Waals surface area contributed by atoms with E-state index in [2.05, 4.69) is 0 Å². The Bertz CT molecular complexity index is 190. The Morgan fingerprint density at radius 3 is 2.00 bits per heavy atom. The number of Topliss-reactive ketones (excluding diaryl/α,β-unsaturated/α-hetero) is 2. The fraction of sp³-hybridized carbons (Fsp3) is 0.333. The van der Waals surface area contributed by atoms with Crippen LogP contribution in [0.4, 0.5) is 0 Å². The molecule has 3 heteroatoms. The Morgan fingerprint density at radius 1 is 1.33 bits per heavy atom. The highest BCUT2D eigenvalue weighted by atomic mass is 16.3. The maximum atomic E-state index is 10.6. The number of carbonyl (C=O) groups is 2. The molecule has 0 atom stereocenters. The van der Waals surface area contributed by atoms with Crippen LogP contribution in [-0.2, 0) is 9.59 Å². The first-order valence-corrected chi connectivity index (χ1v) is 2.59. The molecule has 0 aromatic heterocycles. The van der Waals surface area contributed by atoms with Gasteiger partial charge in [-0.1, -0.05) is 0 Å². The van der Waals surface area contributed by atoms with E-state index in [4.69, 9.17) is 5.11 Å². The Labute approximate surface area is 52.0 Å². The summed E-state index contributed by atoms with van der Waals surface area (Å²) in [4.78, 5) is 21.0. The molecule has 0 saturated heterocycles. The van der Waals surface area contributed by atoms with Gasteiger partial charge in [0.1, 0.15) is 0 Å². The zero-order valence-corrected chi connectivity index (χ0v) is 4.97. The van der Waals surface area contributed by atoms with Gasteiger partial charge in [0.2, 0.25) is 5.78 Å². The van der Waals surface area contributed by atoms with Crippen molar-refractivity contribution >= 4 is 11.6 Å². The van der Waals surface area contributed by atoms with Gasteiger partial charge in [-0.2, -0.15) is 0 Å². The van der Waals surface area contributed by atoms with Gasteiger partial charge in [-0.15, -0.1) is 0 Å². The number of aliphatic hydroxyl groups is 1. The van der Waals surface area contributed by atoms with E-state index < -0.39 is 5.78 Å². The van der Waals surface area contributed by atoms with Crippen molar-refractivity contribution < 1.29 is 14.7 Å². The minimum Gasteiger partial charge on any atom is -0.504 e. The predicted octanol–water partition coefficient (Wildman–Crippen LogP) is 0.360. The first kappa shape index (κ1) is 6.01. The Kier molecular flexibility index (Phi) is 1.12. The van der Waals surface area contributed by atoms with Gasteiger partial charge in [-0.3, -0.25) is 9.59 Å². The molecular weight excluding hydrogens is 120 g/mol. The Hall–Kier alpha value is -1.12. The average Bonchev–Trinajstić information content (AvgIpc) is 1.98. The van der Waals surface area contributed by atoms with Gasteiger partial charge in [0.25, 0.3) is 0 Å². The standard InChI is InChI=1S/C6H6O3/c1-3-4(7)2-5(8)6(3)9/h9H,2H2,1H3. The van der Waals surface area contributed by atoms with Gasteiger partial charge in [-0.25, -0.2) is 0 Å². The predicted molar refractivity (Wildman–Crippen MR) is 30.0 cm³/mol. The van der Waals surface area contributed by atoms with Crippen LogP contribution in [0.5, 0.6) is 0 Å². The summed E-state index contributed by atoms with van der Waals surface area (Å²) in [6, 6.07) is 0. The van der Waals surface area contributed by atoms with E-state index in [1.165, 1.54) is 6.92 Å². The number of aliphatic hydroxyl groups excluding tert-OH is 1. The number of hydrogen-bond donors (Lipinski definition) is 1. The van der Waals surface area contributed by atoms with Crippen molar-refractivity contribution in [2.45, 2.75) is 13.3 Å². The average molecular weight is 126 g/mol. The molecule has 0 aromatic carbocycles. The van der Waals surface area contributed by atoms with E-state index >= 15 is 0 Å². The van der Waals surface area contributed by atoms with Crippen molar-refractivity contribution in [1.82, 2.24) is 0 Å². The zero-order chi connectivity index (χ0) is 7.02. The molecule has 0 aromatic rings. The molecule has 0 unspecified atom stereocenters. The van der Waals surface area contributed by atoms with Gasteiger partial charge in [-0.05, 0) is 6.92 Å². The van der Waals surface area contributed by atoms with Gasteiger partial charge in [0.15, 0.2) is 11.5 Å². The maximum Gasteiger partial charge on any atom is 0.205 e. The number of ketones is 2. The molecule has 1 aliphatic rings. The first-order valence-electron chi connectivity index (χ1n) is 2.59. The molecule has 48 valence electrons. The van der Waals surface area contributed by atoms with Crippen molar-refractivity contribution in [2.75, 3.05) is 0 Å². The molecule has 0 spiro atoms. The van der Waals surface area contributed by atoms with Crippen LogP contribution < -0.4 is 0 Å². The lowest BCUT2D eigenvalue weighted by atomic mass is 10.2. The molecule has 0 heterocycles. The molecule has 0 saturated carbocycles. The number of carbonyl (C=O) groups excluding carboxylic acids is 2. The van der Waals surface area contributed by atoms with Crippen LogP contribution in [0.1, 0.15) is 13.3 Å². The monoisotopic (exact) mass is 126 g/mol. The fourth-order valence-corrected chi connectivity index (χ4v) is 0.703. The lowest BCUT2D eigenvalue weighted by molar-refractivity contribution is -0.121. The summed E-state index contributed by atoms with van der Waals surface area (Å²) >= 11 is 0. The van der Waals surface area contributed by atoms with E-state index in [1.54, 1.807) is 0 Å². The third-order valence-corrected chi connectivity index (χ3v) is 1.36. The highest BCUT2D eigenvalue weighted by Gasteiger charge is 2.26. The first-order chi connectivity index (χ1) is 4.13. The smallest absolute Gasteiger partial charge is 0.205 e. The van der Waals surface area contributed by atoms with Crippen LogP contribution in [-0.4, -0.2) is 16.7 Å². The summed E-state index contributed by atoms with van der Waals surface area (Å²) in [5.41, 5.74) is 0.194. The van der Waals surface area contributed by atoms with E-state index in [1.807, 2.05) is 0 Å². The Morgan fingerprint density at radius 2 is 1.89 bits per heavy atom. The quantitative estimate of drug-likeness (QED) is 0.477. The summed E-state index contributed by atoms with van der Waals surface area (Å²) in [5, 5.41) is 8.75.